The summed E-state index contributed by atoms with van der Waals surface area (Å²) >= 11 is 0. The van der Waals surface area contributed by atoms with Crippen molar-refractivity contribution >= 4 is 22.5 Å². The fourth-order valence-corrected chi connectivity index (χ4v) is 4.59. The number of anilines is 1. The number of hydrogen-bond donors (Lipinski definition) is 2. The number of aromatic nitrogens is 3. The number of carbonyl (C=O) groups is 1. The number of piperidine rings is 1. The molecule has 8 nitrogen and oxygen atoms in total. The number of ether oxygens (including phenoxy) is 2. The van der Waals surface area contributed by atoms with Gasteiger partial charge in [0.1, 0.15) is 29.2 Å². The van der Waals surface area contributed by atoms with Crippen LogP contribution in [0, 0.1) is 12.7 Å². The van der Waals surface area contributed by atoms with Gasteiger partial charge in [0, 0.05) is 23.8 Å². The van der Waals surface area contributed by atoms with Crippen LogP contribution in [0.5, 0.6) is 17.2 Å². The lowest BCUT2D eigenvalue weighted by atomic mass is 10.1. The molecule has 4 aromatic rings. The summed E-state index contributed by atoms with van der Waals surface area (Å²) in [7, 11) is 0. The second-order valence-electron chi connectivity index (χ2n) is 10.9. The average molecular weight is 532 g/mol. The second-order valence-corrected chi connectivity index (χ2v) is 10.9. The van der Waals surface area contributed by atoms with Crippen molar-refractivity contribution in [3.8, 4) is 17.2 Å². The van der Waals surface area contributed by atoms with E-state index in [2.05, 4.69) is 20.7 Å². The molecule has 39 heavy (non-hydrogen) atoms. The van der Waals surface area contributed by atoms with Crippen molar-refractivity contribution in [1.82, 2.24) is 20.1 Å². The fourth-order valence-electron chi connectivity index (χ4n) is 4.59. The van der Waals surface area contributed by atoms with E-state index in [0.717, 1.165) is 42.6 Å². The summed E-state index contributed by atoms with van der Waals surface area (Å²) in [6.45, 7) is 9.77. The van der Waals surface area contributed by atoms with Crippen LogP contribution in [0.25, 0.3) is 10.9 Å². The summed E-state index contributed by atoms with van der Waals surface area (Å²) in [6, 6.07) is 10.5. The first-order chi connectivity index (χ1) is 18.7. The molecule has 1 fully saturated rings. The maximum absolute atomic E-state index is 15.1. The maximum Gasteiger partial charge on any atom is 0.228 e. The molecule has 9 heteroatoms. The summed E-state index contributed by atoms with van der Waals surface area (Å²) in [6.07, 6.45) is 6.98. The number of fused-ring (bicyclic) bond motifs is 1. The summed E-state index contributed by atoms with van der Waals surface area (Å²) in [5.41, 5.74) is 2.13. The van der Waals surface area contributed by atoms with Crippen LogP contribution >= 0.6 is 0 Å². The zero-order valence-electron chi connectivity index (χ0n) is 22.8. The lowest BCUT2D eigenvalue weighted by molar-refractivity contribution is -0.115. The number of benzene rings is 2. The highest BCUT2D eigenvalue weighted by molar-refractivity contribution is 5.92. The first-order valence-electron chi connectivity index (χ1n) is 13.2. The van der Waals surface area contributed by atoms with Crippen molar-refractivity contribution in [2.75, 3.05) is 18.4 Å². The molecule has 5 rings (SSSR count). The van der Waals surface area contributed by atoms with E-state index >= 15 is 4.39 Å². The van der Waals surface area contributed by atoms with Crippen LogP contribution in [0.2, 0.25) is 0 Å². The van der Waals surface area contributed by atoms with Crippen molar-refractivity contribution in [2.45, 2.75) is 58.6 Å². The van der Waals surface area contributed by atoms with Gasteiger partial charge in [-0.1, -0.05) is 0 Å². The SMILES string of the molecule is Cc1cc(CC(=O)Nc2cnn(C(C)(C)C)c2)c(F)cc1Oc1ccnc2ccc(OC3CCNCC3)cc12. The molecule has 0 spiro atoms. The largest absolute Gasteiger partial charge is 0.490 e. The molecule has 0 saturated carbocycles. The molecule has 0 bridgehead atoms. The molecule has 0 aliphatic carbocycles. The fraction of sp³-hybridized carbons (Fsp3) is 0.367. The second kappa shape index (κ2) is 11.0. The lowest BCUT2D eigenvalue weighted by Crippen LogP contribution is -2.34. The van der Waals surface area contributed by atoms with Gasteiger partial charge in [0.05, 0.1) is 29.4 Å². The Kier molecular flexibility index (Phi) is 7.52. The molecular formula is C30H34FN5O3. The predicted molar refractivity (Wildman–Crippen MR) is 149 cm³/mol. The maximum atomic E-state index is 15.1. The molecule has 1 aliphatic heterocycles. The van der Waals surface area contributed by atoms with Crippen LogP contribution in [-0.4, -0.2) is 39.9 Å². The molecular weight excluding hydrogens is 497 g/mol. The van der Waals surface area contributed by atoms with Gasteiger partial charge in [-0.15, -0.1) is 0 Å². The Hall–Kier alpha value is -3.98. The number of pyridine rings is 1. The summed E-state index contributed by atoms with van der Waals surface area (Å²) in [5.74, 6) is 0.853. The van der Waals surface area contributed by atoms with Crippen molar-refractivity contribution in [1.29, 1.82) is 0 Å². The highest BCUT2D eigenvalue weighted by Crippen LogP contribution is 2.34. The van der Waals surface area contributed by atoms with Gasteiger partial charge in [-0.05, 0) is 95.1 Å². The normalized spacial score (nSPS) is 14.4. The topological polar surface area (TPSA) is 90.3 Å². The third-order valence-electron chi connectivity index (χ3n) is 6.73. The minimum Gasteiger partial charge on any atom is -0.490 e. The zero-order valence-corrected chi connectivity index (χ0v) is 22.8. The molecule has 2 N–H and O–H groups in total. The van der Waals surface area contributed by atoms with Gasteiger partial charge in [-0.25, -0.2) is 4.39 Å². The molecule has 3 heterocycles. The number of nitrogens with one attached hydrogen (secondary N) is 2. The van der Waals surface area contributed by atoms with Crippen molar-refractivity contribution in [3.05, 3.63) is 71.9 Å². The lowest BCUT2D eigenvalue weighted by Gasteiger charge is -2.24. The Morgan fingerprint density at radius 3 is 2.69 bits per heavy atom. The number of carbonyl (C=O) groups excluding carboxylic acids is 1. The number of amides is 1. The van der Waals surface area contributed by atoms with E-state index in [0.29, 0.717) is 22.7 Å². The minimum atomic E-state index is -0.510. The van der Waals surface area contributed by atoms with Gasteiger partial charge in [0.15, 0.2) is 0 Å². The van der Waals surface area contributed by atoms with E-state index in [1.54, 1.807) is 35.4 Å². The van der Waals surface area contributed by atoms with Gasteiger partial charge in [-0.2, -0.15) is 5.10 Å². The third kappa shape index (κ3) is 6.37. The van der Waals surface area contributed by atoms with E-state index in [9.17, 15) is 4.79 Å². The van der Waals surface area contributed by atoms with Crippen LogP contribution in [0.15, 0.2) is 55.0 Å². The summed E-state index contributed by atoms with van der Waals surface area (Å²) in [5, 5.41) is 11.2. The van der Waals surface area contributed by atoms with Crippen LogP contribution in [0.1, 0.15) is 44.7 Å². The number of halogens is 1. The molecule has 1 amide bonds. The summed E-state index contributed by atoms with van der Waals surface area (Å²) in [4.78, 5) is 17.1. The molecule has 2 aromatic carbocycles. The molecule has 204 valence electrons. The van der Waals surface area contributed by atoms with Gasteiger partial charge in [-0.3, -0.25) is 14.5 Å². The van der Waals surface area contributed by atoms with Crippen molar-refractivity contribution in [2.24, 2.45) is 0 Å². The highest BCUT2D eigenvalue weighted by Gasteiger charge is 2.18. The van der Waals surface area contributed by atoms with Gasteiger partial charge < -0.3 is 20.1 Å². The van der Waals surface area contributed by atoms with Crippen LogP contribution in [0.4, 0.5) is 10.1 Å². The Labute approximate surface area is 227 Å². The first kappa shape index (κ1) is 26.6. The smallest absolute Gasteiger partial charge is 0.228 e. The standard InChI is InChI=1S/C30H34FN5O3/c1-19-13-20(14-29(37)35-21-17-34-36(18-21)30(2,3)4)25(31)16-28(19)39-27-9-12-33-26-6-5-23(15-24(26)27)38-22-7-10-32-11-8-22/h5-6,9,12-13,15-18,22,32H,7-8,10-11,14H2,1-4H3,(H,35,37). The zero-order chi connectivity index (χ0) is 27.6. The van der Waals surface area contributed by atoms with E-state index in [-0.39, 0.29) is 29.5 Å². The number of rotatable bonds is 7. The Morgan fingerprint density at radius 2 is 1.95 bits per heavy atom. The van der Waals surface area contributed by atoms with Crippen LogP contribution in [0.3, 0.4) is 0 Å². The number of hydrogen-bond acceptors (Lipinski definition) is 6. The molecule has 1 aliphatic rings. The van der Waals surface area contributed by atoms with E-state index in [4.69, 9.17) is 9.47 Å². The van der Waals surface area contributed by atoms with Gasteiger partial charge in [0.25, 0.3) is 0 Å². The van der Waals surface area contributed by atoms with Crippen LogP contribution < -0.4 is 20.1 Å². The van der Waals surface area contributed by atoms with Crippen molar-refractivity contribution in [3.63, 3.8) is 0 Å². The Bertz CT molecular complexity index is 1490. The molecule has 2 aromatic heterocycles. The highest BCUT2D eigenvalue weighted by atomic mass is 19.1. The van der Waals surface area contributed by atoms with Gasteiger partial charge in [0.2, 0.25) is 5.91 Å². The first-order valence-corrected chi connectivity index (χ1v) is 13.2. The summed E-state index contributed by atoms with van der Waals surface area (Å²) < 4.78 is 29.3. The predicted octanol–water partition coefficient (Wildman–Crippen LogP) is 5.74. The van der Waals surface area contributed by atoms with E-state index in [1.807, 2.05) is 45.9 Å². The van der Waals surface area contributed by atoms with Gasteiger partial charge >= 0.3 is 0 Å². The minimum absolute atomic E-state index is 0.108. The Morgan fingerprint density at radius 1 is 1.15 bits per heavy atom. The molecule has 0 atom stereocenters. The molecule has 0 unspecified atom stereocenters. The Balaban J connectivity index is 1.31. The number of nitrogens with zero attached hydrogens (tertiary/aromatic N) is 3. The van der Waals surface area contributed by atoms with Crippen molar-refractivity contribution < 1.29 is 18.7 Å². The quantitative estimate of drug-likeness (QED) is 0.316. The van der Waals surface area contributed by atoms with E-state index < -0.39 is 5.82 Å². The van der Waals surface area contributed by atoms with E-state index in [1.165, 1.54) is 6.07 Å². The molecule has 0 radical (unpaired) electrons. The third-order valence-corrected chi connectivity index (χ3v) is 6.73. The average Bonchev–Trinajstić information content (AvgIpc) is 3.37. The molecule has 1 saturated heterocycles. The van der Waals surface area contributed by atoms with Crippen LogP contribution in [-0.2, 0) is 16.8 Å². The monoisotopic (exact) mass is 531 g/mol. The number of aryl methyl sites for hydroxylation is 1.